The highest BCUT2D eigenvalue weighted by atomic mass is 32.2. The van der Waals surface area contributed by atoms with Gasteiger partial charge in [0.1, 0.15) is 0 Å². The zero-order chi connectivity index (χ0) is 12.8. The molecular weight excluding hydrogens is 248 g/mol. The molecule has 98 valence electrons. The molecule has 2 aliphatic rings. The van der Waals surface area contributed by atoms with E-state index in [-0.39, 0.29) is 17.4 Å². The monoisotopic (exact) mass is 266 g/mol. The Morgan fingerprint density at radius 2 is 2.00 bits per heavy atom. The molecule has 1 aliphatic heterocycles. The van der Waals surface area contributed by atoms with Gasteiger partial charge in [0.05, 0.1) is 17.6 Å². The molecule has 2 atom stereocenters. The minimum Gasteiger partial charge on any atom is -0.388 e. The van der Waals surface area contributed by atoms with Gasteiger partial charge in [0.2, 0.25) is 0 Å². The molecular formula is C14H18O3S. The number of aliphatic hydroxyl groups is 1. The van der Waals surface area contributed by atoms with E-state index in [1.807, 2.05) is 18.2 Å². The van der Waals surface area contributed by atoms with E-state index < -0.39 is 15.9 Å². The summed E-state index contributed by atoms with van der Waals surface area (Å²) < 4.78 is 22.9. The molecule has 1 heterocycles. The van der Waals surface area contributed by atoms with Gasteiger partial charge in [0, 0.05) is 5.92 Å². The van der Waals surface area contributed by atoms with E-state index in [1.54, 1.807) is 0 Å². The SMILES string of the molecule is O=S1(=O)CCC(C(O)c2cccc(C3CC3)c2)C1. The second-order valence-electron chi connectivity index (χ2n) is 5.55. The summed E-state index contributed by atoms with van der Waals surface area (Å²) in [7, 11) is -2.92. The van der Waals surface area contributed by atoms with Crippen molar-refractivity contribution in [1.82, 2.24) is 0 Å². The van der Waals surface area contributed by atoms with Crippen LogP contribution >= 0.6 is 0 Å². The van der Waals surface area contributed by atoms with Crippen LogP contribution in [-0.4, -0.2) is 25.0 Å². The zero-order valence-electron chi connectivity index (χ0n) is 10.2. The van der Waals surface area contributed by atoms with E-state index >= 15 is 0 Å². The van der Waals surface area contributed by atoms with Gasteiger partial charge in [-0.05, 0) is 36.3 Å². The fourth-order valence-electron chi connectivity index (χ4n) is 2.76. The average Bonchev–Trinajstić information content (AvgIpc) is 3.13. The van der Waals surface area contributed by atoms with Crippen molar-refractivity contribution in [1.29, 1.82) is 0 Å². The molecule has 18 heavy (non-hydrogen) atoms. The molecule has 1 aliphatic carbocycles. The van der Waals surface area contributed by atoms with Gasteiger partial charge in [-0.1, -0.05) is 24.3 Å². The molecule has 0 radical (unpaired) electrons. The van der Waals surface area contributed by atoms with Crippen LogP contribution in [0.4, 0.5) is 0 Å². The molecule has 1 aromatic carbocycles. The predicted octanol–water partition coefficient (Wildman–Crippen LogP) is 2.03. The molecule has 3 rings (SSSR count). The van der Waals surface area contributed by atoms with E-state index in [2.05, 4.69) is 6.07 Å². The third kappa shape index (κ3) is 2.45. The summed E-state index contributed by atoms with van der Waals surface area (Å²) in [6.45, 7) is 0. The van der Waals surface area contributed by atoms with E-state index in [4.69, 9.17) is 0 Å². The highest BCUT2D eigenvalue weighted by Crippen LogP contribution is 2.41. The smallest absolute Gasteiger partial charge is 0.150 e. The summed E-state index contributed by atoms with van der Waals surface area (Å²) in [5.74, 6) is 0.868. The maximum absolute atomic E-state index is 11.5. The first-order valence-electron chi connectivity index (χ1n) is 6.53. The minimum absolute atomic E-state index is 0.127. The summed E-state index contributed by atoms with van der Waals surface area (Å²) >= 11 is 0. The van der Waals surface area contributed by atoms with Crippen LogP contribution < -0.4 is 0 Å². The lowest BCUT2D eigenvalue weighted by Gasteiger charge is -2.17. The van der Waals surface area contributed by atoms with Crippen LogP contribution in [0.15, 0.2) is 24.3 Å². The molecule has 1 saturated heterocycles. The maximum Gasteiger partial charge on any atom is 0.150 e. The molecule has 2 fully saturated rings. The largest absolute Gasteiger partial charge is 0.388 e. The lowest BCUT2D eigenvalue weighted by molar-refractivity contribution is 0.121. The number of rotatable bonds is 3. The van der Waals surface area contributed by atoms with Crippen LogP contribution in [0.1, 0.15) is 42.4 Å². The highest BCUT2D eigenvalue weighted by molar-refractivity contribution is 7.91. The number of hydrogen-bond acceptors (Lipinski definition) is 3. The summed E-state index contributed by atoms with van der Waals surface area (Å²) in [6, 6.07) is 8.02. The third-order valence-corrected chi connectivity index (χ3v) is 5.81. The lowest BCUT2D eigenvalue weighted by Crippen LogP contribution is -2.14. The van der Waals surface area contributed by atoms with E-state index in [0.717, 1.165) is 5.56 Å². The molecule has 0 spiro atoms. The number of benzene rings is 1. The first-order valence-corrected chi connectivity index (χ1v) is 8.36. The van der Waals surface area contributed by atoms with Crippen molar-refractivity contribution in [3.05, 3.63) is 35.4 Å². The average molecular weight is 266 g/mol. The number of sulfone groups is 1. The highest BCUT2D eigenvalue weighted by Gasteiger charge is 2.34. The number of aliphatic hydroxyl groups excluding tert-OH is 1. The van der Waals surface area contributed by atoms with Crippen molar-refractivity contribution in [3.8, 4) is 0 Å². The van der Waals surface area contributed by atoms with Gasteiger partial charge in [-0.25, -0.2) is 8.42 Å². The van der Waals surface area contributed by atoms with Gasteiger partial charge in [-0.15, -0.1) is 0 Å². The Hall–Kier alpha value is -0.870. The van der Waals surface area contributed by atoms with Gasteiger partial charge in [-0.3, -0.25) is 0 Å². The number of hydrogen-bond donors (Lipinski definition) is 1. The molecule has 1 saturated carbocycles. The van der Waals surface area contributed by atoms with Crippen molar-refractivity contribution in [3.63, 3.8) is 0 Å². The Balaban J connectivity index is 1.79. The second kappa shape index (κ2) is 4.35. The van der Waals surface area contributed by atoms with E-state index in [0.29, 0.717) is 12.3 Å². The normalized spacial score (nSPS) is 28.2. The van der Waals surface area contributed by atoms with Gasteiger partial charge in [0.25, 0.3) is 0 Å². The van der Waals surface area contributed by atoms with Gasteiger partial charge >= 0.3 is 0 Å². The van der Waals surface area contributed by atoms with Crippen LogP contribution in [-0.2, 0) is 9.84 Å². The van der Waals surface area contributed by atoms with E-state index in [9.17, 15) is 13.5 Å². The quantitative estimate of drug-likeness (QED) is 0.910. The van der Waals surface area contributed by atoms with Gasteiger partial charge in [-0.2, -0.15) is 0 Å². The summed E-state index contributed by atoms with van der Waals surface area (Å²) in [6.07, 6.45) is 2.41. The van der Waals surface area contributed by atoms with E-state index in [1.165, 1.54) is 18.4 Å². The summed E-state index contributed by atoms with van der Waals surface area (Å²) in [4.78, 5) is 0. The summed E-state index contributed by atoms with van der Waals surface area (Å²) in [5, 5.41) is 10.3. The van der Waals surface area contributed by atoms with Crippen molar-refractivity contribution in [2.45, 2.75) is 31.3 Å². The fraction of sp³-hybridized carbons (Fsp3) is 0.571. The Morgan fingerprint density at radius 3 is 2.61 bits per heavy atom. The Labute approximate surface area is 108 Å². The van der Waals surface area contributed by atoms with Crippen molar-refractivity contribution >= 4 is 9.84 Å². The first-order chi connectivity index (χ1) is 8.55. The van der Waals surface area contributed by atoms with Crippen LogP contribution in [0.25, 0.3) is 0 Å². The van der Waals surface area contributed by atoms with Crippen LogP contribution in [0.3, 0.4) is 0 Å². The predicted molar refractivity (Wildman–Crippen MR) is 70.1 cm³/mol. The molecule has 1 aromatic rings. The van der Waals surface area contributed by atoms with Gasteiger partial charge < -0.3 is 5.11 Å². The van der Waals surface area contributed by atoms with Crippen molar-refractivity contribution in [2.75, 3.05) is 11.5 Å². The second-order valence-corrected chi connectivity index (χ2v) is 7.78. The molecule has 2 unspecified atom stereocenters. The fourth-order valence-corrected chi connectivity index (χ4v) is 4.59. The molecule has 1 N–H and O–H groups in total. The van der Waals surface area contributed by atoms with Crippen LogP contribution in [0, 0.1) is 5.92 Å². The van der Waals surface area contributed by atoms with Crippen LogP contribution in [0.5, 0.6) is 0 Å². The molecule has 3 nitrogen and oxygen atoms in total. The molecule has 0 aromatic heterocycles. The standard InChI is InChI=1S/C14H18O3S/c15-14(13-6-7-18(16,17)9-13)12-3-1-2-11(8-12)10-4-5-10/h1-3,8,10,13-15H,4-7,9H2. The topological polar surface area (TPSA) is 54.4 Å². The van der Waals surface area contributed by atoms with Crippen LogP contribution in [0.2, 0.25) is 0 Å². The van der Waals surface area contributed by atoms with Crippen molar-refractivity contribution < 1.29 is 13.5 Å². The minimum atomic E-state index is -2.92. The van der Waals surface area contributed by atoms with Crippen molar-refractivity contribution in [2.24, 2.45) is 5.92 Å². The third-order valence-electron chi connectivity index (χ3n) is 4.02. The Kier molecular flexibility index (Phi) is 2.94. The van der Waals surface area contributed by atoms with Gasteiger partial charge in [0.15, 0.2) is 9.84 Å². The summed E-state index contributed by atoms with van der Waals surface area (Å²) in [5.41, 5.74) is 2.16. The maximum atomic E-state index is 11.5. The Morgan fingerprint density at radius 1 is 1.22 bits per heavy atom. The molecule has 0 bridgehead atoms. The lowest BCUT2D eigenvalue weighted by atomic mass is 9.93. The first kappa shape index (κ1) is 12.2. The Bertz CT molecular complexity index is 546. The molecule has 4 heteroatoms. The zero-order valence-corrected chi connectivity index (χ0v) is 11.1. The molecule has 0 amide bonds.